The Morgan fingerprint density at radius 3 is 2.61 bits per heavy atom. The Labute approximate surface area is 134 Å². The maximum Gasteiger partial charge on any atom is 0.250 e. The highest BCUT2D eigenvalue weighted by molar-refractivity contribution is 5.92. The van der Waals surface area contributed by atoms with E-state index in [0.717, 1.165) is 0 Å². The second kappa shape index (κ2) is 8.03. The van der Waals surface area contributed by atoms with Crippen molar-refractivity contribution in [3.63, 3.8) is 0 Å². The van der Waals surface area contributed by atoms with Gasteiger partial charge in [0, 0.05) is 18.3 Å². The SMILES string of the molecule is CCOc1ccc(OCC)c(NC(=O)Cn2ccccc2=O)c1. The van der Waals surface area contributed by atoms with Crippen LogP contribution in [0.3, 0.4) is 0 Å². The van der Waals surface area contributed by atoms with E-state index in [2.05, 4.69) is 5.32 Å². The van der Waals surface area contributed by atoms with E-state index in [1.54, 1.807) is 36.5 Å². The molecule has 6 heteroatoms. The molecule has 0 atom stereocenters. The van der Waals surface area contributed by atoms with Crippen LogP contribution in [0, 0.1) is 0 Å². The smallest absolute Gasteiger partial charge is 0.250 e. The maximum atomic E-state index is 12.2. The summed E-state index contributed by atoms with van der Waals surface area (Å²) < 4.78 is 12.3. The lowest BCUT2D eigenvalue weighted by molar-refractivity contribution is -0.116. The minimum absolute atomic E-state index is 0.0654. The number of aromatic nitrogens is 1. The molecule has 122 valence electrons. The number of rotatable bonds is 7. The zero-order valence-electron chi connectivity index (χ0n) is 13.2. The van der Waals surface area contributed by atoms with Crippen molar-refractivity contribution in [1.82, 2.24) is 4.57 Å². The zero-order valence-corrected chi connectivity index (χ0v) is 13.2. The van der Waals surface area contributed by atoms with Crippen molar-refractivity contribution in [2.45, 2.75) is 20.4 Å². The van der Waals surface area contributed by atoms with Gasteiger partial charge in [-0.25, -0.2) is 0 Å². The number of carbonyl (C=O) groups excluding carboxylic acids is 1. The number of ether oxygens (including phenoxy) is 2. The minimum Gasteiger partial charge on any atom is -0.494 e. The summed E-state index contributed by atoms with van der Waals surface area (Å²) >= 11 is 0. The number of hydrogen-bond donors (Lipinski definition) is 1. The third-order valence-corrected chi connectivity index (χ3v) is 3.05. The molecule has 0 radical (unpaired) electrons. The van der Waals surface area contributed by atoms with Gasteiger partial charge in [0.1, 0.15) is 18.0 Å². The van der Waals surface area contributed by atoms with Gasteiger partial charge in [0.15, 0.2) is 0 Å². The summed E-state index contributed by atoms with van der Waals surface area (Å²) in [7, 11) is 0. The Hall–Kier alpha value is -2.76. The molecule has 2 rings (SSSR count). The van der Waals surface area contributed by atoms with Crippen LogP contribution in [0.4, 0.5) is 5.69 Å². The lowest BCUT2D eigenvalue weighted by Crippen LogP contribution is -2.26. The Morgan fingerprint density at radius 2 is 1.91 bits per heavy atom. The highest BCUT2D eigenvalue weighted by Gasteiger charge is 2.10. The van der Waals surface area contributed by atoms with Crippen molar-refractivity contribution >= 4 is 11.6 Å². The average Bonchev–Trinajstić information content (AvgIpc) is 2.52. The van der Waals surface area contributed by atoms with Crippen LogP contribution < -0.4 is 20.3 Å². The van der Waals surface area contributed by atoms with E-state index in [-0.39, 0.29) is 18.0 Å². The summed E-state index contributed by atoms with van der Waals surface area (Å²) in [5.41, 5.74) is 0.294. The molecule has 0 aliphatic heterocycles. The fourth-order valence-electron chi connectivity index (χ4n) is 2.08. The van der Waals surface area contributed by atoms with E-state index < -0.39 is 0 Å². The Balaban J connectivity index is 2.16. The van der Waals surface area contributed by atoms with Crippen LogP contribution in [0.2, 0.25) is 0 Å². The van der Waals surface area contributed by atoms with Gasteiger partial charge in [-0.05, 0) is 32.0 Å². The fraction of sp³-hybridized carbons (Fsp3) is 0.294. The average molecular weight is 316 g/mol. The summed E-state index contributed by atoms with van der Waals surface area (Å²) in [6.45, 7) is 4.70. The second-order valence-corrected chi connectivity index (χ2v) is 4.74. The Morgan fingerprint density at radius 1 is 1.13 bits per heavy atom. The van der Waals surface area contributed by atoms with Gasteiger partial charge in [-0.2, -0.15) is 0 Å². The van der Waals surface area contributed by atoms with Crippen LogP contribution in [-0.4, -0.2) is 23.7 Å². The number of carbonyl (C=O) groups is 1. The molecule has 1 N–H and O–H groups in total. The number of benzene rings is 1. The first-order valence-corrected chi connectivity index (χ1v) is 7.49. The van der Waals surface area contributed by atoms with Crippen LogP contribution in [-0.2, 0) is 11.3 Å². The first kappa shape index (κ1) is 16.6. The largest absolute Gasteiger partial charge is 0.494 e. The van der Waals surface area contributed by atoms with Crippen molar-refractivity contribution in [1.29, 1.82) is 0 Å². The molecule has 2 aromatic rings. The predicted molar refractivity (Wildman–Crippen MR) is 88.1 cm³/mol. The standard InChI is InChI=1S/C17H20N2O4/c1-3-22-13-8-9-15(23-4-2)14(11-13)18-16(20)12-19-10-6-5-7-17(19)21/h5-11H,3-4,12H2,1-2H3,(H,18,20). The van der Waals surface area contributed by atoms with Gasteiger partial charge in [-0.15, -0.1) is 0 Å². The molecule has 1 aromatic heterocycles. The van der Waals surface area contributed by atoms with Crippen molar-refractivity contribution in [3.8, 4) is 11.5 Å². The lowest BCUT2D eigenvalue weighted by Gasteiger charge is -2.14. The van der Waals surface area contributed by atoms with Gasteiger partial charge < -0.3 is 19.4 Å². The molecule has 1 aromatic carbocycles. The number of amides is 1. The minimum atomic E-state index is -0.312. The molecular weight excluding hydrogens is 296 g/mol. The number of nitrogens with zero attached hydrogens (tertiary/aromatic N) is 1. The normalized spacial score (nSPS) is 10.2. The van der Waals surface area contributed by atoms with Crippen LogP contribution >= 0.6 is 0 Å². The van der Waals surface area contributed by atoms with Gasteiger partial charge in [-0.1, -0.05) is 6.07 Å². The first-order chi connectivity index (χ1) is 11.1. The van der Waals surface area contributed by atoms with Gasteiger partial charge in [0.25, 0.3) is 5.56 Å². The quantitative estimate of drug-likeness (QED) is 0.851. The van der Waals surface area contributed by atoms with Gasteiger partial charge in [0.2, 0.25) is 5.91 Å². The highest BCUT2D eigenvalue weighted by Crippen LogP contribution is 2.29. The summed E-state index contributed by atoms with van der Waals surface area (Å²) in [5, 5.41) is 2.77. The fourth-order valence-corrected chi connectivity index (χ4v) is 2.08. The molecule has 23 heavy (non-hydrogen) atoms. The van der Waals surface area contributed by atoms with E-state index in [1.807, 2.05) is 13.8 Å². The molecule has 0 unspecified atom stereocenters. The van der Waals surface area contributed by atoms with Crippen LogP contribution in [0.1, 0.15) is 13.8 Å². The summed E-state index contributed by atoms with van der Waals surface area (Å²) in [6.07, 6.45) is 1.57. The Bertz CT molecular complexity index is 725. The molecule has 1 heterocycles. The molecule has 0 aliphatic carbocycles. The molecule has 0 bridgehead atoms. The number of hydrogen-bond acceptors (Lipinski definition) is 4. The van der Waals surface area contributed by atoms with E-state index in [9.17, 15) is 9.59 Å². The van der Waals surface area contributed by atoms with Gasteiger partial charge in [0.05, 0.1) is 18.9 Å². The monoisotopic (exact) mass is 316 g/mol. The van der Waals surface area contributed by atoms with Crippen molar-refractivity contribution in [2.75, 3.05) is 18.5 Å². The number of pyridine rings is 1. The molecule has 0 saturated carbocycles. The summed E-state index contributed by atoms with van der Waals surface area (Å²) in [4.78, 5) is 23.8. The third kappa shape index (κ3) is 4.60. The summed E-state index contributed by atoms with van der Waals surface area (Å²) in [5.74, 6) is 0.890. The molecule has 0 aliphatic rings. The van der Waals surface area contributed by atoms with Crippen LogP contribution in [0.25, 0.3) is 0 Å². The predicted octanol–water partition coefficient (Wildman–Crippen LogP) is 2.28. The number of anilines is 1. The van der Waals surface area contributed by atoms with Crippen LogP contribution in [0.5, 0.6) is 11.5 Å². The van der Waals surface area contributed by atoms with Crippen molar-refractivity contribution < 1.29 is 14.3 Å². The van der Waals surface area contributed by atoms with E-state index in [4.69, 9.17) is 9.47 Å². The van der Waals surface area contributed by atoms with Crippen molar-refractivity contribution in [2.24, 2.45) is 0 Å². The zero-order chi connectivity index (χ0) is 16.7. The summed E-state index contributed by atoms with van der Waals surface area (Å²) in [6, 6.07) is 9.99. The van der Waals surface area contributed by atoms with Gasteiger partial charge in [-0.3, -0.25) is 9.59 Å². The maximum absolute atomic E-state index is 12.2. The third-order valence-electron chi connectivity index (χ3n) is 3.05. The second-order valence-electron chi connectivity index (χ2n) is 4.74. The van der Waals surface area contributed by atoms with E-state index in [0.29, 0.717) is 30.4 Å². The van der Waals surface area contributed by atoms with E-state index >= 15 is 0 Å². The Kier molecular flexibility index (Phi) is 5.80. The van der Waals surface area contributed by atoms with E-state index in [1.165, 1.54) is 10.6 Å². The molecule has 0 fully saturated rings. The first-order valence-electron chi connectivity index (χ1n) is 7.49. The van der Waals surface area contributed by atoms with Crippen LogP contribution in [0.15, 0.2) is 47.4 Å². The molecule has 1 amide bonds. The number of nitrogens with one attached hydrogen (secondary N) is 1. The topological polar surface area (TPSA) is 69.6 Å². The molecule has 6 nitrogen and oxygen atoms in total. The van der Waals surface area contributed by atoms with Gasteiger partial charge >= 0.3 is 0 Å². The molecule has 0 saturated heterocycles. The molecule has 0 spiro atoms. The van der Waals surface area contributed by atoms with Crippen molar-refractivity contribution in [3.05, 3.63) is 52.9 Å². The highest BCUT2D eigenvalue weighted by atomic mass is 16.5. The molecular formula is C17H20N2O4. The lowest BCUT2D eigenvalue weighted by atomic mass is 10.2.